The predicted molar refractivity (Wildman–Crippen MR) is 136 cm³/mol. The van der Waals surface area contributed by atoms with Gasteiger partial charge in [-0.3, -0.25) is 9.59 Å². The molecule has 1 aromatic heterocycles. The molecule has 0 fully saturated rings. The highest BCUT2D eigenvalue weighted by atomic mass is 16.2. The molecule has 182 valence electrons. The summed E-state index contributed by atoms with van der Waals surface area (Å²) in [5, 5.41) is 7.76. The van der Waals surface area contributed by atoms with E-state index >= 15 is 0 Å². The molecule has 1 heterocycles. The maximum absolute atomic E-state index is 13.1. The topological polar surface area (TPSA) is 67.2 Å². The molecular weight excluding hydrogens is 412 g/mol. The Bertz CT molecular complexity index is 931. The summed E-state index contributed by atoms with van der Waals surface area (Å²) in [7, 11) is 0. The lowest BCUT2D eigenvalue weighted by atomic mass is 9.92. The second-order valence-corrected chi connectivity index (χ2v) is 10.8. The van der Waals surface area contributed by atoms with Crippen LogP contribution in [-0.2, 0) is 22.2 Å². The van der Waals surface area contributed by atoms with Crippen LogP contribution in [0.3, 0.4) is 0 Å². The van der Waals surface area contributed by atoms with Crippen molar-refractivity contribution < 1.29 is 9.59 Å². The van der Waals surface area contributed by atoms with E-state index in [2.05, 4.69) is 53.8 Å². The van der Waals surface area contributed by atoms with E-state index in [4.69, 9.17) is 5.10 Å². The summed E-state index contributed by atoms with van der Waals surface area (Å²) in [5.41, 5.74) is 2.34. The Labute approximate surface area is 199 Å². The molecule has 2 rings (SSSR count). The van der Waals surface area contributed by atoms with Gasteiger partial charge in [-0.2, -0.15) is 5.10 Å². The molecule has 2 amide bonds. The molecule has 0 atom stereocenters. The van der Waals surface area contributed by atoms with Gasteiger partial charge in [0.2, 0.25) is 5.91 Å². The highest BCUT2D eigenvalue weighted by molar-refractivity contribution is 5.99. The summed E-state index contributed by atoms with van der Waals surface area (Å²) in [6.45, 7) is 17.2. The second kappa shape index (κ2) is 11.0. The minimum Gasteiger partial charge on any atom is -0.329 e. The van der Waals surface area contributed by atoms with Gasteiger partial charge >= 0.3 is 0 Å². The maximum atomic E-state index is 13.1. The number of benzene rings is 1. The Morgan fingerprint density at radius 1 is 1.00 bits per heavy atom. The standard InChI is InChI=1S/C27H42N4O2/c1-9-11-12-20-13-15-21(16-14-20)25(33)30(17-10-2)19-24(32)28-23-18-22(26(3,4)5)29-31(23)27(6,7)8/h13-16,18H,9-12,17,19H2,1-8H3,(H,28,32). The van der Waals surface area contributed by atoms with Crippen molar-refractivity contribution >= 4 is 17.6 Å². The van der Waals surface area contributed by atoms with E-state index in [1.165, 1.54) is 5.56 Å². The minimum absolute atomic E-state index is 0.00440. The molecule has 0 saturated heterocycles. The van der Waals surface area contributed by atoms with Crippen LogP contribution >= 0.6 is 0 Å². The number of unbranched alkanes of at least 4 members (excludes halogenated alkanes) is 1. The SMILES string of the molecule is CCCCc1ccc(C(=O)N(CCC)CC(=O)Nc2cc(C(C)(C)C)nn2C(C)(C)C)cc1. The Hall–Kier alpha value is -2.63. The number of amides is 2. The van der Waals surface area contributed by atoms with Gasteiger partial charge in [-0.15, -0.1) is 0 Å². The van der Waals surface area contributed by atoms with Crippen molar-refractivity contribution in [2.75, 3.05) is 18.4 Å². The molecule has 0 spiro atoms. The average molecular weight is 455 g/mol. The van der Waals surface area contributed by atoms with Gasteiger partial charge < -0.3 is 10.2 Å². The van der Waals surface area contributed by atoms with Crippen molar-refractivity contribution in [3.63, 3.8) is 0 Å². The molecule has 6 nitrogen and oxygen atoms in total. The van der Waals surface area contributed by atoms with Crippen LogP contribution in [0.4, 0.5) is 5.82 Å². The summed E-state index contributed by atoms with van der Waals surface area (Å²) >= 11 is 0. The zero-order valence-electron chi connectivity index (χ0n) is 21.8. The zero-order chi connectivity index (χ0) is 24.8. The van der Waals surface area contributed by atoms with E-state index in [0.717, 1.165) is 31.4 Å². The summed E-state index contributed by atoms with van der Waals surface area (Å²) in [4.78, 5) is 27.8. The van der Waals surface area contributed by atoms with Gasteiger partial charge in [0.25, 0.3) is 5.91 Å². The van der Waals surface area contributed by atoms with Crippen LogP contribution in [0.1, 0.15) is 96.3 Å². The molecule has 0 radical (unpaired) electrons. The molecule has 0 aliphatic rings. The Morgan fingerprint density at radius 3 is 2.15 bits per heavy atom. The van der Waals surface area contributed by atoms with E-state index in [9.17, 15) is 9.59 Å². The Morgan fingerprint density at radius 2 is 1.64 bits per heavy atom. The van der Waals surface area contributed by atoms with E-state index in [-0.39, 0.29) is 29.3 Å². The van der Waals surface area contributed by atoms with Crippen LogP contribution in [-0.4, -0.2) is 39.6 Å². The molecule has 0 aliphatic carbocycles. The fourth-order valence-corrected chi connectivity index (χ4v) is 3.60. The average Bonchev–Trinajstić information content (AvgIpc) is 3.16. The van der Waals surface area contributed by atoms with Crippen molar-refractivity contribution in [3.05, 3.63) is 47.2 Å². The van der Waals surface area contributed by atoms with Crippen LogP contribution in [0.15, 0.2) is 30.3 Å². The summed E-state index contributed by atoms with van der Waals surface area (Å²) in [6.07, 6.45) is 4.08. The number of rotatable bonds is 9. The molecule has 33 heavy (non-hydrogen) atoms. The summed E-state index contributed by atoms with van der Waals surface area (Å²) < 4.78 is 1.85. The van der Waals surface area contributed by atoms with E-state index < -0.39 is 0 Å². The fourth-order valence-electron chi connectivity index (χ4n) is 3.60. The Kier molecular flexibility index (Phi) is 8.87. The van der Waals surface area contributed by atoms with Crippen molar-refractivity contribution in [1.82, 2.24) is 14.7 Å². The molecule has 0 unspecified atom stereocenters. The fraction of sp³-hybridized carbons (Fsp3) is 0.593. The molecule has 0 saturated carbocycles. The van der Waals surface area contributed by atoms with Crippen LogP contribution in [0.5, 0.6) is 0 Å². The highest BCUT2D eigenvalue weighted by Crippen LogP contribution is 2.28. The zero-order valence-corrected chi connectivity index (χ0v) is 21.8. The van der Waals surface area contributed by atoms with Crippen LogP contribution in [0, 0.1) is 0 Å². The third kappa shape index (κ3) is 7.44. The van der Waals surface area contributed by atoms with Gasteiger partial charge in [0, 0.05) is 23.6 Å². The van der Waals surface area contributed by atoms with Crippen LogP contribution < -0.4 is 5.32 Å². The number of anilines is 1. The number of aryl methyl sites for hydroxylation is 1. The number of hydrogen-bond donors (Lipinski definition) is 1. The number of carbonyl (C=O) groups is 2. The number of hydrogen-bond acceptors (Lipinski definition) is 3. The maximum Gasteiger partial charge on any atom is 0.254 e. The smallest absolute Gasteiger partial charge is 0.254 e. The first-order valence-electron chi connectivity index (χ1n) is 12.2. The van der Waals surface area contributed by atoms with Gasteiger partial charge in [0.1, 0.15) is 12.4 Å². The summed E-state index contributed by atoms with van der Waals surface area (Å²) in [5.74, 6) is 0.317. The number of nitrogens with zero attached hydrogens (tertiary/aromatic N) is 3. The lowest BCUT2D eigenvalue weighted by molar-refractivity contribution is -0.117. The van der Waals surface area contributed by atoms with Crippen LogP contribution in [0.25, 0.3) is 0 Å². The van der Waals surface area contributed by atoms with Crippen molar-refractivity contribution in [1.29, 1.82) is 0 Å². The van der Waals surface area contributed by atoms with Gasteiger partial charge in [-0.1, -0.05) is 53.2 Å². The third-order valence-electron chi connectivity index (χ3n) is 5.52. The molecule has 1 N–H and O–H groups in total. The monoisotopic (exact) mass is 454 g/mol. The van der Waals surface area contributed by atoms with E-state index in [1.807, 2.05) is 41.9 Å². The molecule has 6 heteroatoms. The molecule has 1 aromatic carbocycles. The summed E-state index contributed by atoms with van der Waals surface area (Å²) in [6, 6.07) is 9.71. The number of nitrogens with one attached hydrogen (secondary N) is 1. The van der Waals surface area contributed by atoms with Gasteiger partial charge in [-0.05, 0) is 57.7 Å². The number of carbonyl (C=O) groups excluding carboxylic acids is 2. The van der Waals surface area contributed by atoms with Crippen molar-refractivity contribution in [2.45, 2.75) is 92.0 Å². The first-order valence-corrected chi connectivity index (χ1v) is 12.2. The van der Waals surface area contributed by atoms with E-state index in [1.54, 1.807) is 4.90 Å². The minimum atomic E-state index is -0.287. The first kappa shape index (κ1) is 26.6. The number of aromatic nitrogens is 2. The van der Waals surface area contributed by atoms with Gasteiger partial charge in [0.15, 0.2) is 0 Å². The largest absolute Gasteiger partial charge is 0.329 e. The lowest BCUT2D eigenvalue weighted by Crippen LogP contribution is -2.39. The lowest BCUT2D eigenvalue weighted by Gasteiger charge is -2.24. The first-order chi connectivity index (χ1) is 15.4. The van der Waals surface area contributed by atoms with Crippen molar-refractivity contribution in [2.24, 2.45) is 0 Å². The van der Waals surface area contributed by atoms with Crippen LogP contribution in [0.2, 0.25) is 0 Å². The molecular formula is C27H42N4O2. The Balaban J connectivity index is 2.17. The molecule has 0 bridgehead atoms. The normalized spacial score (nSPS) is 12.0. The predicted octanol–water partition coefficient (Wildman–Crippen LogP) is 5.77. The van der Waals surface area contributed by atoms with Gasteiger partial charge in [0.05, 0.1) is 11.2 Å². The van der Waals surface area contributed by atoms with Crippen molar-refractivity contribution in [3.8, 4) is 0 Å². The van der Waals surface area contributed by atoms with Gasteiger partial charge in [-0.25, -0.2) is 4.68 Å². The van der Waals surface area contributed by atoms with E-state index in [0.29, 0.717) is 17.9 Å². The highest BCUT2D eigenvalue weighted by Gasteiger charge is 2.26. The second-order valence-electron chi connectivity index (χ2n) is 10.8. The quantitative estimate of drug-likeness (QED) is 0.523. The molecule has 2 aromatic rings. The third-order valence-corrected chi connectivity index (χ3v) is 5.52. The molecule has 0 aliphatic heterocycles.